The van der Waals surface area contributed by atoms with Gasteiger partial charge in [0.2, 0.25) is 5.69 Å². The third kappa shape index (κ3) is 4.68. The molecule has 7 aromatic rings. The molecule has 0 heterocycles. The Balaban J connectivity index is 1.51. The molecule has 0 amide bonds. The van der Waals surface area contributed by atoms with Crippen molar-refractivity contribution >= 4 is 61.4 Å². The van der Waals surface area contributed by atoms with E-state index in [1.165, 1.54) is 0 Å². The van der Waals surface area contributed by atoms with Crippen LogP contribution in [0.1, 0.15) is 5.56 Å². The summed E-state index contributed by atoms with van der Waals surface area (Å²) in [5.41, 5.74) is 5.87. The van der Waals surface area contributed by atoms with E-state index < -0.39 is 0 Å². The number of benzene rings is 7. The molecule has 4 heteroatoms. The Kier molecular flexibility index (Phi) is 6.93. The molecule has 0 fully saturated rings. The van der Waals surface area contributed by atoms with Gasteiger partial charge in [0, 0.05) is 22.1 Å². The second-order valence-corrected chi connectivity index (χ2v) is 10.4. The van der Waals surface area contributed by atoms with Gasteiger partial charge in [0.15, 0.2) is 0 Å². The van der Waals surface area contributed by atoms with Crippen LogP contribution in [0.15, 0.2) is 158 Å². The van der Waals surface area contributed by atoms with Crippen molar-refractivity contribution in [1.29, 1.82) is 5.26 Å². The summed E-state index contributed by atoms with van der Waals surface area (Å²) < 4.78 is 0. The Morgan fingerprint density at radius 1 is 0.477 bits per heavy atom. The first-order chi connectivity index (χ1) is 21.8. The molecule has 7 rings (SSSR count). The fraction of sp³-hybridized carbons (Fsp3) is 0. The van der Waals surface area contributed by atoms with Crippen LogP contribution in [0.2, 0.25) is 0 Å². The van der Waals surface area contributed by atoms with Crippen LogP contribution in [0, 0.1) is 17.9 Å². The van der Waals surface area contributed by atoms with Gasteiger partial charge in [0.1, 0.15) is 6.07 Å². The van der Waals surface area contributed by atoms with Gasteiger partial charge in [-0.15, -0.1) is 0 Å². The Labute approximate surface area is 256 Å². The zero-order chi connectivity index (χ0) is 29.9. The Morgan fingerprint density at radius 2 is 0.932 bits per heavy atom. The summed E-state index contributed by atoms with van der Waals surface area (Å²) in [6.07, 6.45) is 0. The fourth-order valence-electron chi connectivity index (χ4n) is 5.89. The first kappa shape index (κ1) is 26.5. The maximum Gasteiger partial charge on any atom is 0.212 e. The summed E-state index contributed by atoms with van der Waals surface area (Å²) in [7, 11) is 0. The van der Waals surface area contributed by atoms with E-state index >= 15 is 0 Å². The molecule has 0 N–H and O–H groups in total. The number of nitrogens with zero attached hydrogens (tertiary/aromatic N) is 4. The van der Waals surface area contributed by atoms with Crippen LogP contribution in [-0.2, 0) is 0 Å². The smallest absolute Gasteiger partial charge is 0.212 e. The minimum Gasteiger partial charge on any atom is -0.320 e. The maximum atomic E-state index is 10.7. The van der Waals surface area contributed by atoms with Gasteiger partial charge in [-0.2, -0.15) is 5.26 Å². The van der Waals surface area contributed by atoms with Crippen LogP contribution in [-0.4, -0.2) is 0 Å². The molecule has 0 atom stereocenters. The molecule has 0 saturated carbocycles. The van der Waals surface area contributed by atoms with E-state index in [9.17, 15) is 5.26 Å². The van der Waals surface area contributed by atoms with Crippen LogP contribution < -0.4 is 9.80 Å². The number of hydrogen-bond acceptors (Lipinski definition) is 3. The Bertz CT molecular complexity index is 2040. The summed E-state index contributed by atoms with van der Waals surface area (Å²) in [6.45, 7) is 8.37. The highest BCUT2D eigenvalue weighted by atomic mass is 15.2. The SMILES string of the molecule is [C-]#[N+]c1cc(N(c2ccccc2)c2cccc3ccccc23)c(C#N)cc1N(c1ccccc1)c1cccc2ccccc12. The number of fused-ring (bicyclic) bond motifs is 2. The lowest BCUT2D eigenvalue weighted by molar-refractivity contribution is 1.26. The molecule has 0 radical (unpaired) electrons. The van der Waals surface area contributed by atoms with Gasteiger partial charge in [-0.25, -0.2) is 4.85 Å². The molecule has 4 nitrogen and oxygen atoms in total. The van der Waals surface area contributed by atoms with Gasteiger partial charge in [0.25, 0.3) is 0 Å². The van der Waals surface area contributed by atoms with Gasteiger partial charge < -0.3 is 9.80 Å². The summed E-state index contributed by atoms with van der Waals surface area (Å²) in [6, 6.07) is 55.0. The standard InChI is InChI=1S/C40H26N4/c1-42-36-27-39(43(32-18-4-2-5-19-32)37-24-12-16-29-14-8-10-22-34(29)37)31(28-41)26-40(36)44(33-20-6-3-7-21-33)38-25-13-17-30-15-9-11-23-35(30)38/h2-27H. The lowest BCUT2D eigenvalue weighted by Gasteiger charge is -2.31. The fourth-order valence-corrected chi connectivity index (χ4v) is 5.89. The quantitative estimate of drug-likeness (QED) is 0.189. The van der Waals surface area contributed by atoms with Gasteiger partial charge in [-0.1, -0.05) is 109 Å². The predicted molar refractivity (Wildman–Crippen MR) is 182 cm³/mol. The highest BCUT2D eigenvalue weighted by Crippen LogP contribution is 2.48. The average molecular weight is 563 g/mol. The highest BCUT2D eigenvalue weighted by Gasteiger charge is 2.24. The largest absolute Gasteiger partial charge is 0.320 e. The first-order valence-electron chi connectivity index (χ1n) is 14.4. The molecule has 0 aliphatic rings. The van der Waals surface area contributed by atoms with E-state index in [1.807, 2.05) is 109 Å². The number of para-hydroxylation sites is 2. The van der Waals surface area contributed by atoms with Gasteiger partial charge in [0.05, 0.1) is 34.9 Å². The van der Waals surface area contributed by atoms with Crippen LogP contribution in [0.5, 0.6) is 0 Å². The summed E-state index contributed by atoms with van der Waals surface area (Å²) >= 11 is 0. The lowest BCUT2D eigenvalue weighted by atomic mass is 10.0. The third-order valence-electron chi connectivity index (χ3n) is 7.86. The molecule has 7 aromatic carbocycles. The average Bonchev–Trinajstić information content (AvgIpc) is 3.10. The molecule has 0 spiro atoms. The minimum absolute atomic E-state index is 0.442. The normalized spacial score (nSPS) is 10.7. The third-order valence-corrected chi connectivity index (χ3v) is 7.86. The van der Waals surface area contributed by atoms with E-state index in [2.05, 4.69) is 69.2 Å². The molecule has 0 aliphatic heterocycles. The van der Waals surface area contributed by atoms with E-state index in [4.69, 9.17) is 6.57 Å². The molecule has 0 aliphatic carbocycles. The number of hydrogen-bond donors (Lipinski definition) is 0. The highest BCUT2D eigenvalue weighted by molar-refractivity contribution is 6.03. The van der Waals surface area contributed by atoms with Crippen molar-refractivity contribution in [1.82, 2.24) is 0 Å². The predicted octanol–water partition coefficient (Wildman–Crippen LogP) is 11.4. The lowest BCUT2D eigenvalue weighted by Crippen LogP contribution is -2.14. The van der Waals surface area contributed by atoms with Gasteiger partial charge in [-0.3, -0.25) is 0 Å². The topological polar surface area (TPSA) is 34.6 Å². The molecule has 0 aromatic heterocycles. The van der Waals surface area contributed by atoms with E-state index in [0.29, 0.717) is 22.6 Å². The van der Waals surface area contributed by atoms with Crippen molar-refractivity contribution in [3.8, 4) is 6.07 Å². The van der Waals surface area contributed by atoms with Crippen LogP contribution in [0.3, 0.4) is 0 Å². The van der Waals surface area contributed by atoms with Crippen molar-refractivity contribution in [3.63, 3.8) is 0 Å². The van der Waals surface area contributed by atoms with Crippen LogP contribution in [0.25, 0.3) is 26.4 Å². The van der Waals surface area contributed by atoms with Crippen molar-refractivity contribution in [3.05, 3.63) is 175 Å². The molecular weight excluding hydrogens is 536 g/mol. The molecule has 0 saturated heterocycles. The van der Waals surface area contributed by atoms with Crippen molar-refractivity contribution in [2.24, 2.45) is 0 Å². The zero-order valence-electron chi connectivity index (χ0n) is 23.8. The minimum atomic E-state index is 0.442. The summed E-state index contributed by atoms with van der Waals surface area (Å²) in [4.78, 5) is 8.24. The van der Waals surface area contributed by atoms with E-state index in [1.54, 1.807) is 0 Å². The second kappa shape index (κ2) is 11.5. The number of anilines is 6. The second-order valence-electron chi connectivity index (χ2n) is 10.4. The Hall–Kier alpha value is -6.36. The summed E-state index contributed by atoms with van der Waals surface area (Å²) in [5.74, 6) is 0. The Morgan fingerprint density at radius 3 is 1.43 bits per heavy atom. The van der Waals surface area contributed by atoms with Crippen molar-refractivity contribution < 1.29 is 0 Å². The van der Waals surface area contributed by atoms with Crippen LogP contribution >= 0.6 is 0 Å². The molecule has 0 bridgehead atoms. The van der Waals surface area contributed by atoms with Crippen molar-refractivity contribution in [2.45, 2.75) is 0 Å². The summed E-state index contributed by atoms with van der Waals surface area (Å²) in [5, 5.41) is 15.0. The van der Waals surface area contributed by atoms with Crippen molar-refractivity contribution in [2.75, 3.05) is 9.80 Å². The van der Waals surface area contributed by atoms with Gasteiger partial charge >= 0.3 is 0 Å². The molecular formula is C40H26N4. The molecule has 44 heavy (non-hydrogen) atoms. The van der Waals surface area contributed by atoms with Gasteiger partial charge in [-0.05, 0) is 59.3 Å². The van der Waals surface area contributed by atoms with E-state index in [0.717, 1.165) is 44.3 Å². The van der Waals surface area contributed by atoms with E-state index in [-0.39, 0.29) is 0 Å². The molecule has 206 valence electrons. The monoisotopic (exact) mass is 562 g/mol. The van der Waals surface area contributed by atoms with Crippen LogP contribution in [0.4, 0.5) is 39.8 Å². The number of nitriles is 1. The molecule has 0 unspecified atom stereocenters. The zero-order valence-corrected chi connectivity index (χ0v) is 23.8. The number of rotatable bonds is 6. The maximum absolute atomic E-state index is 10.7. The first-order valence-corrected chi connectivity index (χ1v) is 14.4.